The summed E-state index contributed by atoms with van der Waals surface area (Å²) in [6.07, 6.45) is 6.75. The highest BCUT2D eigenvalue weighted by molar-refractivity contribution is 7.99. The molecule has 0 saturated carbocycles. The number of hydrogen-bond acceptors (Lipinski definition) is 5. The van der Waals surface area contributed by atoms with Crippen LogP contribution in [-0.2, 0) is 4.74 Å². The Morgan fingerprint density at radius 3 is 3.05 bits per heavy atom. The van der Waals surface area contributed by atoms with Crippen molar-refractivity contribution >= 4 is 17.6 Å². The van der Waals surface area contributed by atoms with E-state index in [4.69, 9.17) is 15.7 Å². The van der Waals surface area contributed by atoms with E-state index in [1.54, 1.807) is 0 Å². The lowest BCUT2D eigenvalue weighted by Crippen LogP contribution is -2.56. The molecule has 0 radical (unpaired) electrons. The van der Waals surface area contributed by atoms with Gasteiger partial charge in [0.2, 0.25) is 0 Å². The quantitative estimate of drug-likeness (QED) is 0.351. The summed E-state index contributed by atoms with van der Waals surface area (Å²) < 4.78 is 6.11. The van der Waals surface area contributed by atoms with Crippen LogP contribution in [0.1, 0.15) is 38.5 Å². The van der Waals surface area contributed by atoms with Gasteiger partial charge in [0.05, 0.1) is 11.6 Å². The molecule has 3 fully saturated rings. The third kappa shape index (κ3) is 2.78. The van der Waals surface area contributed by atoms with Crippen LogP contribution in [-0.4, -0.2) is 58.3 Å². The van der Waals surface area contributed by atoms with Crippen molar-refractivity contribution in [3.8, 4) is 0 Å². The number of hydrogen-bond donors (Lipinski definition) is 2. The summed E-state index contributed by atoms with van der Waals surface area (Å²) in [6, 6.07) is 0.635. The summed E-state index contributed by atoms with van der Waals surface area (Å²) in [5.74, 6) is 2.73. The van der Waals surface area contributed by atoms with Gasteiger partial charge >= 0.3 is 0 Å². The van der Waals surface area contributed by atoms with Gasteiger partial charge in [-0.3, -0.25) is 4.90 Å². The Bertz CT molecular complexity index is 371. The summed E-state index contributed by atoms with van der Waals surface area (Å²) in [5, 5.41) is 12.3. The first-order chi connectivity index (χ1) is 9.74. The normalized spacial score (nSPS) is 40.3. The van der Waals surface area contributed by atoms with Crippen LogP contribution in [0.5, 0.6) is 0 Å². The highest BCUT2D eigenvalue weighted by Crippen LogP contribution is 2.40. The molecule has 3 atom stereocenters. The number of piperidine rings is 1. The maximum Gasteiger partial charge on any atom is 0.156 e. The summed E-state index contributed by atoms with van der Waals surface area (Å²) in [6.45, 7) is 1.92. The lowest BCUT2D eigenvalue weighted by molar-refractivity contribution is -0.0947. The maximum absolute atomic E-state index is 9.02. The molecule has 3 aliphatic heterocycles. The average molecular weight is 299 g/mol. The molecule has 0 aromatic rings. The number of rotatable bonds is 2. The summed E-state index contributed by atoms with van der Waals surface area (Å²) in [7, 11) is 0. The van der Waals surface area contributed by atoms with Crippen molar-refractivity contribution in [2.24, 2.45) is 10.9 Å². The predicted octanol–water partition coefficient (Wildman–Crippen LogP) is 1.64. The average Bonchev–Trinajstić information content (AvgIpc) is 2.94. The molecule has 3 saturated heterocycles. The monoisotopic (exact) mass is 299 g/mol. The second-order valence-electron chi connectivity index (χ2n) is 6.25. The number of thioether (sulfide) groups is 1. The predicted molar refractivity (Wildman–Crippen MR) is 81.4 cm³/mol. The van der Waals surface area contributed by atoms with E-state index in [-0.39, 0.29) is 11.6 Å². The van der Waals surface area contributed by atoms with Crippen molar-refractivity contribution in [2.75, 3.05) is 24.7 Å². The molecular weight excluding hydrogens is 274 g/mol. The first-order valence-corrected chi connectivity index (χ1v) is 8.84. The molecule has 3 aliphatic rings. The minimum Gasteiger partial charge on any atom is -0.409 e. The van der Waals surface area contributed by atoms with E-state index in [0.717, 1.165) is 38.2 Å². The Labute approximate surface area is 124 Å². The van der Waals surface area contributed by atoms with Crippen LogP contribution >= 0.6 is 11.8 Å². The summed E-state index contributed by atoms with van der Waals surface area (Å²) in [5.41, 5.74) is 6.01. The van der Waals surface area contributed by atoms with Gasteiger partial charge in [0.1, 0.15) is 0 Å². The Balaban J connectivity index is 1.72. The molecule has 114 valence electrons. The van der Waals surface area contributed by atoms with Crippen molar-refractivity contribution in [1.82, 2.24) is 4.90 Å². The minimum atomic E-state index is 0.0979. The molecule has 0 aliphatic carbocycles. The molecular formula is C14H25N3O2S. The third-order valence-corrected chi connectivity index (χ3v) is 6.23. The van der Waals surface area contributed by atoms with Crippen LogP contribution in [0.15, 0.2) is 5.16 Å². The molecule has 0 amide bonds. The summed E-state index contributed by atoms with van der Waals surface area (Å²) in [4.78, 5) is 2.48. The van der Waals surface area contributed by atoms with E-state index in [9.17, 15) is 0 Å². The summed E-state index contributed by atoms with van der Waals surface area (Å²) >= 11 is 2.01. The molecule has 0 aromatic heterocycles. The zero-order valence-corrected chi connectivity index (χ0v) is 12.8. The largest absolute Gasteiger partial charge is 0.409 e. The fourth-order valence-corrected chi connectivity index (χ4v) is 5.30. The lowest BCUT2D eigenvalue weighted by atomic mass is 9.86. The number of nitrogens with zero attached hydrogens (tertiary/aromatic N) is 2. The topological polar surface area (TPSA) is 71.1 Å². The molecule has 20 heavy (non-hydrogen) atoms. The van der Waals surface area contributed by atoms with E-state index in [2.05, 4.69) is 10.1 Å². The number of nitrogens with two attached hydrogens (primary N) is 1. The molecule has 3 unspecified atom stereocenters. The van der Waals surface area contributed by atoms with E-state index < -0.39 is 0 Å². The van der Waals surface area contributed by atoms with Crippen LogP contribution in [0.4, 0.5) is 0 Å². The zero-order chi connectivity index (χ0) is 14.0. The van der Waals surface area contributed by atoms with Crippen LogP contribution in [0.25, 0.3) is 0 Å². The van der Waals surface area contributed by atoms with E-state index >= 15 is 0 Å². The number of ether oxygens (including phenoxy) is 1. The van der Waals surface area contributed by atoms with Crippen LogP contribution in [0, 0.1) is 0 Å². The van der Waals surface area contributed by atoms with E-state index in [1.807, 2.05) is 11.8 Å². The van der Waals surface area contributed by atoms with Gasteiger partial charge in [-0.25, -0.2) is 0 Å². The third-order valence-electron chi connectivity index (χ3n) is 5.00. The Morgan fingerprint density at radius 2 is 2.30 bits per heavy atom. The van der Waals surface area contributed by atoms with Crippen LogP contribution in [0.3, 0.4) is 0 Å². The molecule has 1 spiro atoms. The maximum atomic E-state index is 9.02. The van der Waals surface area contributed by atoms with Gasteiger partial charge in [0.25, 0.3) is 0 Å². The molecule has 0 bridgehead atoms. The second-order valence-corrected chi connectivity index (χ2v) is 7.36. The van der Waals surface area contributed by atoms with Gasteiger partial charge in [-0.15, -0.1) is 0 Å². The molecule has 0 aromatic carbocycles. The van der Waals surface area contributed by atoms with Crippen molar-refractivity contribution in [3.05, 3.63) is 0 Å². The molecule has 5 nitrogen and oxygen atoms in total. The van der Waals surface area contributed by atoms with Gasteiger partial charge in [0.15, 0.2) is 5.84 Å². The van der Waals surface area contributed by atoms with E-state index in [0.29, 0.717) is 11.9 Å². The highest BCUT2D eigenvalue weighted by atomic mass is 32.2. The zero-order valence-electron chi connectivity index (χ0n) is 12.0. The minimum absolute atomic E-state index is 0.0979. The first-order valence-electron chi connectivity index (χ1n) is 7.69. The number of amidine groups is 1. The van der Waals surface area contributed by atoms with Crippen molar-refractivity contribution in [2.45, 2.75) is 56.2 Å². The van der Waals surface area contributed by atoms with Crippen molar-refractivity contribution in [3.63, 3.8) is 0 Å². The van der Waals surface area contributed by atoms with Gasteiger partial charge in [0, 0.05) is 18.4 Å². The van der Waals surface area contributed by atoms with E-state index in [1.165, 1.54) is 25.0 Å². The van der Waals surface area contributed by atoms with Crippen LogP contribution in [0.2, 0.25) is 0 Å². The highest BCUT2D eigenvalue weighted by Gasteiger charge is 2.43. The fraction of sp³-hybridized carbons (Fsp3) is 0.929. The SMILES string of the molecule is NC(=NO)C1CCCCN1C1CCOC2(CCSC2)C1. The van der Waals surface area contributed by atoms with Gasteiger partial charge in [-0.1, -0.05) is 11.6 Å². The Hall–Kier alpha value is -0.460. The van der Waals surface area contributed by atoms with Gasteiger partial charge in [-0.05, 0) is 44.4 Å². The second kappa shape index (κ2) is 6.12. The molecule has 3 heterocycles. The molecule has 6 heteroatoms. The standard InChI is InChI=1S/C14H25N3O2S/c15-13(16-18)12-3-1-2-6-17(12)11-4-7-19-14(9-11)5-8-20-10-14/h11-12,18H,1-10H2,(H2,15,16). The number of likely N-dealkylation sites (tertiary alicyclic amines) is 1. The fourth-order valence-electron chi connectivity index (χ4n) is 3.92. The first kappa shape index (κ1) is 14.5. The molecule has 3 rings (SSSR count). The van der Waals surface area contributed by atoms with Crippen molar-refractivity contribution in [1.29, 1.82) is 0 Å². The van der Waals surface area contributed by atoms with Crippen LogP contribution < -0.4 is 5.73 Å². The smallest absolute Gasteiger partial charge is 0.156 e. The van der Waals surface area contributed by atoms with Crippen molar-refractivity contribution < 1.29 is 9.94 Å². The Kier molecular flexibility index (Phi) is 4.43. The Morgan fingerprint density at radius 1 is 1.40 bits per heavy atom. The lowest BCUT2D eigenvalue weighted by Gasteiger charge is -2.46. The van der Waals surface area contributed by atoms with Gasteiger partial charge in [-0.2, -0.15) is 11.8 Å². The number of oxime groups is 1. The van der Waals surface area contributed by atoms with Gasteiger partial charge < -0.3 is 15.7 Å². The molecule has 3 N–H and O–H groups in total.